The molecule has 0 unspecified atom stereocenters. The second kappa shape index (κ2) is 13.0. The number of amides is 1. The Morgan fingerprint density at radius 1 is 0.977 bits per heavy atom. The Hall–Kier alpha value is -4.18. The first-order chi connectivity index (χ1) is 20.6. The van der Waals surface area contributed by atoms with E-state index in [2.05, 4.69) is 48.4 Å². The molecule has 8 nitrogen and oxygen atoms in total. The molecule has 1 amide bonds. The molecule has 0 bridgehead atoms. The van der Waals surface area contributed by atoms with Gasteiger partial charge in [0.05, 0.1) is 10.7 Å². The van der Waals surface area contributed by atoms with Crippen molar-refractivity contribution in [2.45, 2.75) is 27.7 Å². The van der Waals surface area contributed by atoms with Crippen LogP contribution in [-0.4, -0.2) is 39.1 Å². The van der Waals surface area contributed by atoms with E-state index < -0.39 is 5.91 Å². The van der Waals surface area contributed by atoms with Crippen LogP contribution in [0, 0.1) is 13.8 Å². The molecule has 0 fully saturated rings. The molecule has 0 spiro atoms. The quantitative estimate of drug-likeness (QED) is 0.132. The molecule has 3 aromatic carbocycles. The standard InChI is InChI=1S/C32H30Cl2N6O2S/c1-5-39(6-2)22-8-12-29(20(4)15-22)40-37-27-16-19(3)26(18-28(27)38-40)35-32(43)36-31(41)14-10-23-9-13-30(42-23)24-11-7-21(33)17-25(24)34/h7-18H,5-6H2,1-4H3,(H2,35,36,41,43)/b14-10+. The van der Waals surface area contributed by atoms with Crippen molar-refractivity contribution in [3.63, 3.8) is 0 Å². The molecule has 0 saturated carbocycles. The highest BCUT2D eigenvalue weighted by Crippen LogP contribution is 2.32. The minimum atomic E-state index is -0.409. The number of hydrogen-bond acceptors (Lipinski definition) is 6. The highest BCUT2D eigenvalue weighted by Gasteiger charge is 2.13. The van der Waals surface area contributed by atoms with E-state index >= 15 is 0 Å². The third kappa shape index (κ3) is 6.91. The van der Waals surface area contributed by atoms with Crippen LogP contribution >= 0.6 is 35.4 Å². The Balaban J connectivity index is 1.25. The van der Waals surface area contributed by atoms with Crippen LogP contribution in [0.1, 0.15) is 30.7 Å². The third-order valence-corrected chi connectivity index (χ3v) is 7.71. The maximum Gasteiger partial charge on any atom is 0.250 e. The molecule has 0 saturated heterocycles. The van der Waals surface area contributed by atoms with Crippen molar-refractivity contribution in [3.05, 3.63) is 93.7 Å². The highest BCUT2D eigenvalue weighted by atomic mass is 35.5. The molecule has 5 rings (SSSR count). The first kappa shape index (κ1) is 30.3. The zero-order valence-corrected chi connectivity index (χ0v) is 26.4. The van der Waals surface area contributed by atoms with Crippen LogP contribution in [0.4, 0.5) is 11.4 Å². The fraction of sp³-hybridized carbons (Fsp3) is 0.188. The summed E-state index contributed by atoms with van der Waals surface area (Å²) in [6.45, 7) is 10.2. The number of carbonyl (C=O) groups is 1. The summed E-state index contributed by atoms with van der Waals surface area (Å²) in [5.41, 5.74) is 6.95. The van der Waals surface area contributed by atoms with Crippen LogP contribution < -0.4 is 15.5 Å². The molecule has 2 N–H and O–H groups in total. The number of fused-ring (bicyclic) bond motifs is 1. The number of rotatable bonds is 8. The average molecular weight is 634 g/mol. The maximum atomic E-state index is 12.5. The SMILES string of the molecule is CCN(CC)c1ccc(-n2nc3cc(C)c(NC(=S)NC(=O)/C=C/c4ccc(-c5ccc(Cl)cc5Cl)o4)cc3n2)c(C)c1. The highest BCUT2D eigenvalue weighted by molar-refractivity contribution is 7.80. The molecular formula is C32H30Cl2N6O2S. The number of aromatic nitrogens is 3. The Kier molecular flexibility index (Phi) is 9.15. The molecule has 220 valence electrons. The second-order valence-electron chi connectivity index (χ2n) is 9.89. The van der Waals surface area contributed by atoms with Gasteiger partial charge in [-0.2, -0.15) is 4.80 Å². The number of nitrogens with one attached hydrogen (secondary N) is 2. The Labute approximate surface area is 265 Å². The van der Waals surface area contributed by atoms with Gasteiger partial charge in [0.1, 0.15) is 22.6 Å². The lowest BCUT2D eigenvalue weighted by Crippen LogP contribution is -2.33. The second-order valence-corrected chi connectivity index (χ2v) is 11.1. The van der Waals surface area contributed by atoms with Crippen molar-refractivity contribution in [2.75, 3.05) is 23.3 Å². The summed E-state index contributed by atoms with van der Waals surface area (Å²) in [4.78, 5) is 16.5. The van der Waals surface area contributed by atoms with Gasteiger partial charge >= 0.3 is 0 Å². The van der Waals surface area contributed by atoms with E-state index in [-0.39, 0.29) is 5.11 Å². The first-order valence-electron chi connectivity index (χ1n) is 13.7. The molecule has 0 atom stereocenters. The van der Waals surface area contributed by atoms with Crippen LogP contribution in [0.5, 0.6) is 0 Å². The van der Waals surface area contributed by atoms with Crippen molar-refractivity contribution in [2.24, 2.45) is 0 Å². The minimum Gasteiger partial charge on any atom is -0.457 e. The summed E-state index contributed by atoms with van der Waals surface area (Å²) in [5, 5.41) is 16.3. The summed E-state index contributed by atoms with van der Waals surface area (Å²) in [6.07, 6.45) is 2.90. The Morgan fingerprint density at radius 2 is 1.72 bits per heavy atom. The van der Waals surface area contributed by atoms with Crippen LogP contribution in [0.2, 0.25) is 10.0 Å². The summed E-state index contributed by atoms with van der Waals surface area (Å²) >= 11 is 17.6. The molecule has 0 aliphatic carbocycles. The van der Waals surface area contributed by atoms with Crippen LogP contribution in [0.15, 0.2) is 71.2 Å². The molecular weight excluding hydrogens is 603 g/mol. The monoisotopic (exact) mass is 632 g/mol. The number of nitrogens with zero attached hydrogens (tertiary/aromatic N) is 4. The van der Waals surface area contributed by atoms with E-state index in [0.29, 0.717) is 32.6 Å². The Morgan fingerprint density at radius 3 is 2.42 bits per heavy atom. The molecule has 5 aromatic rings. The number of carbonyl (C=O) groups excluding carboxylic acids is 1. The predicted molar refractivity (Wildman–Crippen MR) is 179 cm³/mol. The van der Waals surface area contributed by atoms with Crippen molar-refractivity contribution >= 4 is 74.9 Å². The zero-order chi connectivity index (χ0) is 30.7. The van der Waals surface area contributed by atoms with Gasteiger partial charge in [0, 0.05) is 41.1 Å². The van der Waals surface area contributed by atoms with E-state index in [4.69, 9.17) is 50.0 Å². The van der Waals surface area contributed by atoms with Gasteiger partial charge in [0.2, 0.25) is 5.91 Å². The lowest BCUT2D eigenvalue weighted by molar-refractivity contribution is -0.115. The predicted octanol–water partition coefficient (Wildman–Crippen LogP) is 7.98. The molecule has 43 heavy (non-hydrogen) atoms. The Bertz CT molecular complexity index is 1860. The van der Waals surface area contributed by atoms with Crippen LogP contribution in [-0.2, 0) is 4.79 Å². The number of hydrogen-bond donors (Lipinski definition) is 2. The number of thiocarbonyl (C=S) groups is 1. The summed E-state index contributed by atoms with van der Waals surface area (Å²) < 4.78 is 5.81. The fourth-order valence-electron chi connectivity index (χ4n) is 4.70. The van der Waals surface area contributed by atoms with E-state index in [9.17, 15) is 4.79 Å². The van der Waals surface area contributed by atoms with Crippen molar-refractivity contribution < 1.29 is 9.21 Å². The molecule has 2 aromatic heterocycles. The van der Waals surface area contributed by atoms with Crippen molar-refractivity contribution in [3.8, 4) is 17.0 Å². The van der Waals surface area contributed by atoms with Gasteiger partial charge in [-0.3, -0.25) is 10.1 Å². The molecule has 0 radical (unpaired) electrons. The van der Waals surface area contributed by atoms with Crippen molar-refractivity contribution in [1.29, 1.82) is 0 Å². The van der Waals surface area contributed by atoms with Gasteiger partial charge < -0.3 is 14.6 Å². The first-order valence-corrected chi connectivity index (χ1v) is 14.9. The fourth-order valence-corrected chi connectivity index (χ4v) is 5.41. The number of benzene rings is 3. The summed E-state index contributed by atoms with van der Waals surface area (Å²) in [5.74, 6) is 0.638. The van der Waals surface area contributed by atoms with Gasteiger partial charge in [-0.15, -0.1) is 10.2 Å². The largest absolute Gasteiger partial charge is 0.457 e. The van der Waals surface area contributed by atoms with E-state index in [1.54, 1.807) is 41.2 Å². The molecule has 2 heterocycles. The lowest BCUT2D eigenvalue weighted by atomic mass is 10.1. The third-order valence-electron chi connectivity index (χ3n) is 6.96. The van der Waals surface area contributed by atoms with Crippen molar-refractivity contribution in [1.82, 2.24) is 20.3 Å². The molecule has 0 aliphatic rings. The van der Waals surface area contributed by atoms with Crippen LogP contribution in [0.25, 0.3) is 34.1 Å². The van der Waals surface area contributed by atoms with Crippen LogP contribution in [0.3, 0.4) is 0 Å². The molecule has 0 aliphatic heterocycles. The van der Waals surface area contributed by atoms with E-state index in [0.717, 1.165) is 41.1 Å². The number of furan rings is 1. The summed E-state index contributed by atoms with van der Waals surface area (Å²) in [7, 11) is 0. The van der Waals surface area contributed by atoms with Gasteiger partial charge in [-0.25, -0.2) is 0 Å². The average Bonchev–Trinajstić information content (AvgIpc) is 3.60. The van der Waals surface area contributed by atoms with Gasteiger partial charge in [-0.05, 0) is 118 Å². The maximum absolute atomic E-state index is 12.5. The van der Waals surface area contributed by atoms with Gasteiger partial charge in [0.25, 0.3) is 0 Å². The van der Waals surface area contributed by atoms with E-state index in [1.807, 2.05) is 25.1 Å². The smallest absolute Gasteiger partial charge is 0.250 e. The number of anilines is 2. The topological polar surface area (TPSA) is 88.2 Å². The number of aryl methyl sites for hydroxylation is 2. The number of halogens is 2. The minimum absolute atomic E-state index is 0.153. The van der Waals surface area contributed by atoms with Gasteiger partial charge in [-0.1, -0.05) is 23.2 Å². The molecule has 11 heteroatoms. The zero-order valence-electron chi connectivity index (χ0n) is 24.1. The lowest BCUT2D eigenvalue weighted by Gasteiger charge is -2.22. The summed E-state index contributed by atoms with van der Waals surface area (Å²) in [6, 6.07) is 18.8. The van der Waals surface area contributed by atoms with E-state index in [1.165, 1.54) is 11.8 Å². The normalized spacial score (nSPS) is 11.3. The van der Waals surface area contributed by atoms with Gasteiger partial charge in [0.15, 0.2) is 5.11 Å².